The number of carboxylic acid groups (broad SMARTS) is 1. The van der Waals surface area contributed by atoms with Gasteiger partial charge in [-0.1, -0.05) is 24.2 Å². The van der Waals surface area contributed by atoms with Gasteiger partial charge in [0.1, 0.15) is 0 Å². The lowest BCUT2D eigenvalue weighted by atomic mass is 10.0. The van der Waals surface area contributed by atoms with Gasteiger partial charge in [0.15, 0.2) is 5.92 Å². The van der Waals surface area contributed by atoms with Crippen LogP contribution in [0.15, 0.2) is 60.8 Å². The lowest BCUT2D eigenvalue weighted by molar-refractivity contribution is -0.132. The van der Waals surface area contributed by atoms with Crippen molar-refractivity contribution in [3.8, 4) is 0 Å². The molecule has 0 saturated carbocycles. The Morgan fingerprint density at radius 3 is 2.46 bits per heavy atom. The van der Waals surface area contributed by atoms with Gasteiger partial charge in [-0.25, -0.2) is 14.5 Å². The molecule has 1 heterocycles. The maximum Gasteiger partial charge on any atom is 0.335 e. The molecule has 1 aliphatic heterocycles. The number of carbonyl (C=O) groups excluding carboxylic acids is 3. The quantitative estimate of drug-likeness (QED) is 0.666. The van der Waals surface area contributed by atoms with Gasteiger partial charge < -0.3 is 10.4 Å². The van der Waals surface area contributed by atoms with Crippen LogP contribution < -0.4 is 15.5 Å². The van der Waals surface area contributed by atoms with Gasteiger partial charge in [0.05, 0.1) is 11.3 Å². The molecule has 1 fully saturated rings. The average molecular weight is 400 g/mol. The number of urea groups is 1. The molecule has 4 amide bonds. The highest BCUT2D eigenvalue weighted by Crippen LogP contribution is 2.26. The van der Waals surface area contributed by atoms with Crippen molar-refractivity contribution < 1.29 is 24.3 Å². The molecule has 0 bridgehead atoms. The van der Waals surface area contributed by atoms with Crippen LogP contribution in [0.5, 0.6) is 0 Å². The molecule has 1 atom stereocenters. The standard InChI is InChI=1S/C19H14ClN3O5/c1-10(21-13-4-2-3-11(9-13)18(26)27)15-16(24)22-19(28)23(17(15)25)14-7-5-12(20)6-8-14/h2-9,15,21H,1H2,(H,26,27)(H,22,24,28)/t15-/m0/s1. The number of carboxylic acids is 1. The first kappa shape index (κ1) is 19.1. The van der Waals surface area contributed by atoms with Gasteiger partial charge >= 0.3 is 12.0 Å². The van der Waals surface area contributed by atoms with Crippen LogP contribution in [0, 0.1) is 5.92 Å². The van der Waals surface area contributed by atoms with Crippen molar-refractivity contribution >= 4 is 46.8 Å². The van der Waals surface area contributed by atoms with Crippen LogP contribution in [-0.4, -0.2) is 28.9 Å². The third-order valence-electron chi connectivity index (χ3n) is 4.01. The number of rotatable bonds is 5. The van der Waals surface area contributed by atoms with E-state index in [0.29, 0.717) is 10.7 Å². The predicted octanol–water partition coefficient (Wildman–Crippen LogP) is 2.86. The first-order valence-electron chi connectivity index (χ1n) is 8.01. The molecule has 2 aromatic rings. The number of anilines is 2. The number of aromatic carboxylic acids is 1. The van der Waals surface area contributed by atoms with Gasteiger partial charge in [-0.05, 0) is 42.5 Å². The van der Waals surface area contributed by atoms with E-state index in [1.54, 1.807) is 6.07 Å². The molecule has 9 heteroatoms. The zero-order valence-electron chi connectivity index (χ0n) is 14.3. The number of nitrogens with one attached hydrogen (secondary N) is 2. The van der Waals surface area contributed by atoms with Crippen LogP contribution in [0.1, 0.15) is 10.4 Å². The summed E-state index contributed by atoms with van der Waals surface area (Å²) in [5, 5.41) is 14.4. The van der Waals surface area contributed by atoms with Crippen LogP contribution >= 0.6 is 11.6 Å². The Morgan fingerprint density at radius 2 is 1.82 bits per heavy atom. The van der Waals surface area contributed by atoms with E-state index in [9.17, 15) is 19.2 Å². The molecule has 1 saturated heterocycles. The summed E-state index contributed by atoms with van der Waals surface area (Å²) in [6.45, 7) is 3.72. The molecule has 0 radical (unpaired) electrons. The molecule has 28 heavy (non-hydrogen) atoms. The molecular weight excluding hydrogens is 386 g/mol. The molecule has 0 spiro atoms. The number of hydrogen-bond donors (Lipinski definition) is 3. The van der Waals surface area contributed by atoms with Crippen LogP contribution in [0.3, 0.4) is 0 Å². The number of imide groups is 2. The van der Waals surface area contributed by atoms with Gasteiger partial charge in [0.2, 0.25) is 5.91 Å². The van der Waals surface area contributed by atoms with Crippen molar-refractivity contribution in [2.45, 2.75) is 0 Å². The fraction of sp³-hybridized carbons (Fsp3) is 0.0526. The molecule has 0 unspecified atom stereocenters. The number of hydrogen-bond acceptors (Lipinski definition) is 5. The van der Waals surface area contributed by atoms with E-state index in [4.69, 9.17) is 16.7 Å². The minimum atomic E-state index is -1.39. The van der Waals surface area contributed by atoms with E-state index >= 15 is 0 Å². The molecule has 3 N–H and O–H groups in total. The first-order chi connectivity index (χ1) is 13.3. The summed E-state index contributed by atoms with van der Waals surface area (Å²) in [5.74, 6) is -4.13. The van der Waals surface area contributed by atoms with Gasteiger partial charge in [-0.3, -0.25) is 14.9 Å². The second-order valence-corrected chi connectivity index (χ2v) is 6.35. The van der Waals surface area contributed by atoms with Crippen molar-refractivity contribution in [2.24, 2.45) is 5.92 Å². The van der Waals surface area contributed by atoms with E-state index in [1.807, 2.05) is 0 Å². The van der Waals surface area contributed by atoms with Crippen LogP contribution in [0.4, 0.5) is 16.2 Å². The Kier molecular flexibility index (Phi) is 5.14. The monoisotopic (exact) mass is 399 g/mol. The minimum absolute atomic E-state index is 0.00324. The number of benzene rings is 2. The van der Waals surface area contributed by atoms with E-state index in [-0.39, 0.29) is 16.9 Å². The lowest BCUT2D eigenvalue weighted by Gasteiger charge is -2.31. The highest BCUT2D eigenvalue weighted by molar-refractivity contribution is 6.31. The summed E-state index contributed by atoms with van der Waals surface area (Å²) >= 11 is 5.83. The zero-order valence-corrected chi connectivity index (χ0v) is 15.1. The molecule has 1 aliphatic rings. The van der Waals surface area contributed by atoms with Crippen molar-refractivity contribution in [1.82, 2.24) is 5.32 Å². The van der Waals surface area contributed by atoms with Crippen molar-refractivity contribution in [3.05, 3.63) is 71.4 Å². The van der Waals surface area contributed by atoms with Crippen molar-refractivity contribution in [1.29, 1.82) is 0 Å². The maximum atomic E-state index is 12.9. The normalized spacial score (nSPS) is 16.5. The zero-order chi connectivity index (χ0) is 20.4. The summed E-state index contributed by atoms with van der Waals surface area (Å²) in [6, 6.07) is 10.9. The highest BCUT2D eigenvalue weighted by Gasteiger charge is 2.43. The van der Waals surface area contributed by atoms with E-state index in [0.717, 1.165) is 4.90 Å². The average Bonchev–Trinajstić information content (AvgIpc) is 2.63. The highest BCUT2D eigenvalue weighted by atomic mass is 35.5. The molecule has 142 valence electrons. The summed E-state index contributed by atoms with van der Waals surface area (Å²) in [4.78, 5) is 49.2. The topological polar surface area (TPSA) is 116 Å². The molecule has 3 rings (SSSR count). The van der Waals surface area contributed by atoms with Gasteiger partial charge in [0.25, 0.3) is 5.91 Å². The summed E-state index contributed by atoms with van der Waals surface area (Å²) in [7, 11) is 0. The Hall–Kier alpha value is -3.65. The maximum absolute atomic E-state index is 12.9. The fourth-order valence-corrected chi connectivity index (χ4v) is 2.83. The lowest BCUT2D eigenvalue weighted by Crippen LogP contribution is -2.59. The summed E-state index contributed by atoms with van der Waals surface area (Å²) < 4.78 is 0. The second-order valence-electron chi connectivity index (χ2n) is 5.91. The number of barbiturate groups is 1. The third kappa shape index (κ3) is 3.72. The van der Waals surface area contributed by atoms with E-state index in [1.165, 1.54) is 42.5 Å². The van der Waals surface area contributed by atoms with Crippen LogP contribution in [-0.2, 0) is 9.59 Å². The Morgan fingerprint density at radius 1 is 1.14 bits per heavy atom. The molecule has 0 aromatic heterocycles. The largest absolute Gasteiger partial charge is 0.478 e. The number of carbonyl (C=O) groups is 4. The Bertz CT molecular complexity index is 1000. The summed E-state index contributed by atoms with van der Waals surface area (Å²) in [5.41, 5.74) is 0.595. The summed E-state index contributed by atoms with van der Waals surface area (Å²) in [6.07, 6.45) is 0. The minimum Gasteiger partial charge on any atom is -0.478 e. The molecular formula is C19H14ClN3O5. The van der Waals surface area contributed by atoms with Gasteiger partial charge in [0, 0.05) is 16.4 Å². The smallest absolute Gasteiger partial charge is 0.335 e. The predicted molar refractivity (Wildman–Crippen MR) is 102 cm³/mol. The van der Waals surface area contributed by atoms with E-state index in [2.05, 4.69) is 17.2 Å². The van der Waals surface area contributed by atoms with Gasteiger partial charge in [-0.2, -0.15) is 0 Å². The fourth-order valence-electron chi connectivity index (χ4n) is 2.70. The SMILES string of the molecule is C=C(Nc1cccc(C(=O)O)c1)[C@H]1C(=O)NC(=O)N(c2ccc(Cl)cc2)C1=O. The molecule has 8 nitrogen and oxygen atoms in total. The Balaban J connectivity index is 1.86. The molecule has 2 aromatic carbocycles. The van der Waals surface area contributed by atoms with E-state index < -0.39 is 29.7 Å². The third-order valence-corrected chi connectivity index (χ3v) is 4.26. The Labute approximate surface area is 164 Å². The number of nitrogens with zero attached hydrogens (tertiary/aromatic N) is 1. The first-order valence-corrected chi connectivity index (χ1v) is 8.39. The van der Waals surface area contributed by atoms with Crippen LogP contribution in [0.2, 0.25) is 5.02 Å². The second kappa shape index (κ2) is 7.53. The van der Waals surface area contributed by atoms with Crippen molar-refractivity contribution in [3.63, 3.8) is 0 Å². The van der Waals surface area contributed by atoms with Crippen LogP contribution in [0.25, 0.3) is 0 Å². The number of amides is 4. The van der Waals surface area contributed by atoms with Crippen molar-refractivity contribution in [2.75, 3.05) is 10.2 Å². The van der Waals surface area contributed by atoms with Gasteiger partial charge in [-0.15, -0.1) is 0 Å². The molecule has 0 aliphatic carbocycles. The number of halogens is 1.